The van der Waals surface area contributed by atoms with E-state index < -0.39 is 22.9 Å². The lowest BCUT2D eigenvalue weighted by Crippen LogP contribution is -2.43. The largest absolute Gasteiger partial charge is 0.481 e. The van der Waals surface area contributed by atoms with Gasteiger partial charge in [-0.1, -0.05) is 36.4 Å². The fourth-order valence-corrected chi connectivity index (χ4v) is 5.14. The van der Waals surface area contributed by atoms with Crippen LogP contribution in [-0.2, 0) is 34.8 Å². The number of fused-ring (bicyclic) bond motifs is 1. The zero-order chi connectivity index (χ0) is 28.4. The van der Waals surface area contributed by atoms with Gasteiger partial charge in [-0.15, -0.1) is 0 Å². The van der Waals surface area contributed by atoms with Crippen molar-refractivity contribution in [2.24, 2.45) is 5.73 Å². The molecule has 11 heteroatoms. The molecule has 40 heavy (non-hydrogen) atoms. The Hall–Kier alpha value is -4.09. The lowest BCUT2D eigenvalue weighted by molar-refractivity contribution is -0.117. The van der Waals surface area contributed by atoms with Gasteiger partial charge in [0.15, 0.2) is 5.69 Å². The van der Waals surface area contributed by atoms with Gasteiger partial charge in [0, 0.05) is 25.6 Å². The molecule has 0 radical (unpaired) electrons. The van der Waals surface area contributed by atoms with Crippen molar-refractivity contribution in [3.8, 4) is 5.75 Å². The lowest BCUT2D eigenvalue weighted by Gasteiger charge is -2.33. The topological polar surface area (TPSA) is 129 Å². The van der Waals surface area contributed by atoms with Crippen molar-refractivity contribution in [2.75, 3.05) is 18.1 Å². The van der Waals surface area contributed by atoms with Crippen LogP contribution in [0, 0.1) is 5.82 Å². The van der Waals surface area contributed by atoms with Crippen LogP contribution in [0.3, 0.4) is 0 Å². The van der Waals surface area contributed by atoms with E-state index in [0.29, 0.717) is 36.5 Å². The molecule has 1 aromatic heterocycles. The summed E-state index contributed by atoms with van der Waals surface area (Å²) in [6.07, 6.45) is 0.883. The van der Waals surface area contributed by atoms with Crippen molar-refractivity contribution >= 4 is 17.5 Å². The van der Waals surface area contributed by atoms with Gasteiger partial charge in [0.2, 0.25) is 11.7 Å². The van der Waals surface area contributed by atoms with Crippen molar-refractivity contribution in [3.05, 3.63) is 87.3 Å². The summed E-state index contributed by atoms with van der Waals surface area (Å²) in [4.78, 5) is 45.8. The maximum Gasteiger partial charge on any atom is 0.296 e. The van der Waals surface area contributed by atoms with E-state index in [2.05, 4.69) is 10.3 Å². The van der Waals surface area contributed by atoms with E-state index >= 15 is 0 Å². The molecule has 3 N–H and O–H groups in total. The number of nitrogens with one attached hydrogen (secondary N) is 1. The van der Waals surface area contributed by atoms with E-state index in [1.807, 2.05) is 30.3 Å². The number of halogens is 1. The number of carbonyl (C=O) groups excluding carboxylic acids is 2. The molecule has 1 atom stereocenters. The standard InChI is InChI=1S/C29H32FN5O5/c1-29(2)28-33-24(25(27(38)34(28)12-13-40-29)39-17-18-6-4-3-5-7-18)26(37)32-16-19-8-9-20(30)14-22(19)35-21(15-31)10-11-23(35)36/h3-9,14,21H,10-13,15-17,31H2,1-2H3,(H,32,37)/t21-/m1/s1. The number of hydrogen-bond acceptors (Lipinski definition) is 7. The number of ether oxygens (including phenoxy) is 2. The average Bonchev–Trinajstić information content (AvgIpc) is 3.32. The van der Waals surface area contributed by atoms with Crippen molar-refractivity contribution in [3.63, 3.8) is 0 Å². The predicted molar refractivity (Wildman–Crippen MR) is 145 cm³/mol. The van der Waals surface area contributed by atoms with Gasteiger partial charge >= 0.3 is 0 Å². The highest BCUT2D eigenvalue weighted by Gasteiger charge is 2.36. The van der Waals surface area contributed by atoms with Crippen LogP contribution in [-0.4, -0.2) is 40.6 Å². The number of amides is 2. The molecule has 210 valence electrons. The summed E-state index contributed by atoms with van der Waals surface area (Å²) in [5, 5.41) is 2.78. The Kier molecular flexibility index (Phi) is 7.68. The van der Waals surface area contributed by atoms with Gasteiger partial charge in [0.25, 0.3) is 11.5 Å². The van der Waals surface area contributed by atoms with Crippen LogP contribution in [0.5, 0.6) is 5.75 Å². The van der Waals surface area contributed by atoms with E-state index in [-0.39, 0.29) is 49.6 Å². The first-order valence-corrected chi connectivity index (χ1v) is 13.2. The molecule has 1 saturated heterocycles. The first kappa shape index (κ1) is 27.5. The van der Waals surface area contributed by atoms with Gasteiger partial charge in [-0.25, -0.2) is 9.37 Å². The van der Waals surface area contributed by atoms with Crippen LogP contribution >= 0.6 is 0 Å². The number of anilines is 1. The predicted octanol–water partition coefficient (Wildman–Crippen LogP) is 2.61. The van der Waals surface area contributed by atoms with E-state index in [4.69, 9.17) is 15.2 Å². The summed E-state index contributed by atoms with van der Waals surface area (Å²) in [6.45, 7) is 4.41. The molecule has 5 rings (SSSR count). The van der Waals surface area contributed by atoms with Gasteiger partial charge in [0.1, 0.15) is 23.8 Å². The van der Waals surface area contributed by atoms with Crippen LogP contribution in [0.4, 0.5) is 10.1 Å². The van der Waals surface area contributed by atoms with Gasteiger partial charge in [-0.3, -0.25) is 19.0 Å². The summed E-state index contributed by atoms with van der Waals surface area (Å²) < 4.78 is 27.5. The molecule has 0 bridgehead atoms. The summed E-state index contributed by atoms with van der Waals surface area (Å²) >= 11 is 0. The minimum atomic E-state index is -0.901. The normalized spacial score (nSPS) is 17.9. The zero-order valence-electron chi connectivity index (χ0n) is 22.5. The SMILES string of the molecule is CC1(C)OCCn2c1nc(C(=O)NCc1ccc(F)cc1N1C(=O)CC[C@@H]1CN)c(OCc1ccccc1)c2=O. The number of benzene rings is 2. The molecule has 0 saturated carbocycles. The zero-order valence-corrected chi connectivity index (χ0v) is 22.5. The van der Waals surface area contributed by atoms with E-state index in [1.54, 1.807) is 13.8 Å². The minimum absolute atomic E-state index is 0.0480. The van der Waals surface area contributed by atoms with E-state index in [9.17, 15) is 18.8 Å². The highest BCUT2D eigenvalue weighted by atomic mass is 19.1. The quantitative estimate of drug-likeness (QED) is 0.442. The third kappa shape index (κ3) is 5.34. The first-order chi connectivity index (χ1) is 19.2. The number of aromatic nitrogens is 2. The second kappa shape index (κ2) is 11.2. The maximum absolute atomic E-state index is 14.2. The highest BCUT2D eigenvalue weighted by Crippen LogP contribution is 2.31. The summed E-state index contributed by atoms with van der Waals surface area (Å²) in [6, 6.07) is 13.1. The number of nitrogens with zero attached hydrogens (tertiary/aromatic N) is 3. The average molecular weight is 550 g/mol. The molecular formula is C29H32FN5O5. The summed E-state index contributed by atoms with van der Waals surface area (Å²) in [5.74, 6) is -1.17. The fraction of sp³-hybridized carbons (Fsp3) is 0.379. The van der Waals surface area contributed by atoms with Crippen LogP contribution in [0.15, 0.2) is 53.3 Å². The lowest BCUT2D eigenvalue weighted by atomic mass is 10.1. The Morgan fingerprint density at radius 2 is 2.00 bits per heavy atom. The van der Waals surface area contributed by atoms with Gasteiger partial charge in [-0.2, -0.15) is 0 Å². The Morgan fingerprint density at radius 1 is 1.23 bits per heavy atom. The number of carbonyl (C=O) groups is 2. The first-order valence-electron chi connectivity index (χ1n) is 13.2. The van der Waals surface area contributed by atoms with Crippen molar-refractivity contribution in [2.45, 2.75) is 58.0 Å². The maximum atomic E-state index is 14.2. The molecule has 10 nitrogen and oxygen atoms in total. The Labute approximate surface area is 230 Å². The molecule has 1 fully saturated rings. The smallest absolute Gasteiger partial charge is 0.296 e. The summed E-state index contributed by atoms with van der Waals surface area (Å²) in [5.41, 5.74) is 6.01. The molecule has 2 aromatic carbocycles. The number of rotatable bonds is 8. The third-order valence-corrected chi connectivity index (χ3v) is 7.23. The third-order valence-electron chi connectivity index (χ3n) is 7.23. The molecule has 2 aliphatic rings. The summed E-state index contributed by atoms with van der Waals surface area (Å²) in [7, 11) is 0. The molecule has 3 aromatic rings. The molecular weight excluding hydrogens is 517 g/mol. The van der Waals surface area contributed by atoms with Crippen LogP contribution in [0.25, 0.3) is 0 Å². The Morgan fingerprint density at radius 3 is 2.75 bits per heavy atom. The Bertz CT molecular complexity index is 1490. The highest BCUT2D eigenvalue weighted by molar-refractivity contribution is 5.97. The van der Waals surface area contributed by atoms with E-state index in [1.165, 1.54) is 27.7 Å². The molecule has 2 aliphatic heterocycles. The molecule has 2 amide bonds. The molecule has 0 unspecified atom stereocenters. The molecule has 0 aliphatic carbocycles. The van der Waals surface area contributed by atoms with Crippen LogP contribution in [0.1, 0.15) is 54.1 Å². The molecule has 0 spiro atoms. The van der Waals surface area contributed by atoms with Gasteiger partial charge in [-0.05, 0) is 43.5 Å². The molecule has 3 heterocycles. The minimum Gasteiger partial charge on any atom is -0.481 e. The van der Waals surface area contributed by atoms with E-state index in [0.717, 1.165) is 5.56 Å². The van der Waals surface area contributed by atoms with Crippen LogP contribution in [0.2, 0.25) is 0 Å². The number of hydrogen-bond donors (Lipinski definition) is 2. The van der Waals surface area contributed by atoms with Crippen molar-refractivity contribution in [1.82, 2.24) is 14.9 Å². The van der Waals surface area contributed by atoms with Crippen molar-refractivity contribution < 1.29 is 23.5 Å². The number of nitrogens with two attached hydrogens (primary N) is 1. The van der Waals surface area contributed by atoms with Crippen molar-refractivity contribution in [1.29, 1.82) is 0 Å². The monoisotopic (exact) mass is 549 g/mol. The second-order valence-corrected chi connectivity index (χ2v) is 10.4. The fourth-order valence-electron chi connectivity index (χ4n) is 5.14. The van der Waals surface area contributed by atoms with Crippen LogP contribution < -0.4 is 26.2 Å². The second-order valence-electron chi connectivity index (χ2n) is 10.4. The van der Waals surface area contributed by atoms with Gasteiger partial charge < -0.3 is 25.4 Å². The van der Waals surface area contributed by atoms with Gasteiger partial charge in [0.05, 0.1) is 18.8 Å². The Balaban J connectivity index is 1.47.